The van der Waals surface area contributed by atoms with Gasteiger partial charge in [-0.1, -0.05) is 26.2 Å². The Bertz CT molecular complexity index is 352. The Morgan fingerprint density at radius 3 is 2.63 bits per heavy atom. The van der Waals surface area contributed by atoms with Crippen molar-refractivity contribution >= 4 is 5.82 Å². The lowest BCUT2D eigenvalue weighted by molar-refractivity contribution is 0.660. The van der Waals surface area contributed by atoms with E-state index >= 15 is 0 Å². The number of aryl methyl sites for hydroxylation is 2. The molecule has 0 aliphatic carbocycles. The quantitative estimate of drug-likeness (QED) is 0.637. The number of hydrogen-bond donors (Lipinski definition) is 2. The molecule has 3 N–H and O–H groups in total. The first kappa shape index (κ1) is 15.9. The van der Waals surface area contributed by atoms with Crippen molar-refractivity contribution in [2.45, 2.75) is 58.8 Å². The number of hydrogen-bond acceptors (Lipinski definition) is 4. The van der Waals surface area contributed by atoms with Crippen LogP contribution >= 0.6 is 0 Å². The van der Waals surface area contributed by atoms with Crippen molar-refractivity contribution < 1.29 is 0 Å². The van der Waals surface area contributed by atoms with Crippen LogP contribution in [0.1, 0.15) is 57.0 Å². The SMILES string of the molecule is CCCCc1nc(C)cc(NCCCCCCN)n1. The van der Waals surface area contributed by atoms with E-state index in [0.717, 1.165) is 49.7 Å². The van der Waals surface area contributed by atoms with Crippen LogP contribution in [0.2, 0.25) is 0 Å². The van der Waals surface area contributed by atoms with Crippen LogP contribution in [0.15, 0.2) is 6.07 Å². The van der Waals surface area contributed by atoms with Crippen molar-refractivity contribution in [3.8, 4) is 0 Å². The predicted molar refractivity (Wildman–Crippen MR) is 81.4 cm³/mol. The summed E-state index contributed by atoms with van der Waals surface area (Å²) in [5.41, 5.74) is 6.52. The number of nitrogens with zero attached hydrogens (tertiary/aromatic N) is 2. The van der Waals surface area contributed by atoms with Gasteiger partial charge in [0.15, 0.2) is 0 Å². The van der Waals surface area contributed by atoms with Crippen LogP contribution in [0.3, 0.4) is 0 Å². The third kappa shape index (κ3) is 7.11. The molecular weight excluding hydrogens is 236 g/mol. The average Bonchev–Trinajstić information content (AvgIpc) is 2.40. The van der Waals surface area contributed by atoms with Gasteiger partial charge >= 0.3 is 0 Å². The first-order chi connectivity index (χ1) is 9.26. The molecule has 19 heavy (non-hydrogen) atoms. The molecule has 0 spiro atoms. The lowest BCUT2D eigenvalue weighted by Crippen LogP contribution is -2.07. The van der Waals surface area contributed by atoms with Crippen LogP contribution in [0.5, 0.6) is 0 Å². The number of unbranched alkanes of at least 4 members (excludes halogenated alkanes) is 4. The van der Waals surface area contributed by atoms with Gasteiger partial charge in [0, 0.05) is 24.7 Å². The summed E-state index contributed by atoms with van der Waals surface area (Å²) in [5.74, 6) is 1.94. The Hall–Kier alpha value is -1.16. The molecule has 0 saturated heterocycles. The molecule has 0 bridgehead atoms. The van der Waals surface area contributed by atoms with Gasteiger partial charge in [-0.15, -0.1) is 0 Å². The minimum Gasteiger partial charge on any atom is -0.370 e. The fraction of sp³-hybridized carbons (Fsp3) is 0.733. The lowest BCUT2D eigenvalue weighted by Gasteiger charge is -2.08. The zero-order chi connectivity index (χ0) is 13.9. The summed E-state index contributed by atoms with van der Waals surface area (Å²) in [7, 11) is 0. The maximum atomic E-state index is 5.47. The molecule has 0 unspecified atom stereocenters. The van der Waals surface area contributed by atoms with Gasteiger partial charge in [0.05, 0.1) is 0 Å². The molecule has 1 rings (SSSR count). The summed E-state index contributed by atoms with van der Waals surface area (Å²) in [6.45, 7) is 6.01. The van der Waals surface area contributed by atoms with Gasteiger partial charge in [-0.2, -0.15) is 0 Å². The molecule has 4 nitrogen and oxygen atoms in total. The molecule has 0 aliphatic heterocycles. The van der Waals surface area contributed by atoms with Gasteiger partial charge in [0.25, 0.3) is 0 Å². The second-order valence-corrected chi connectivity index (χ2v) is 5.04. The summed E-state index contributed by atoms with van der Waals surface area (Å²) < 4.78 is 0. The molecule has 4 heteroatoms. The molecule has 1 heterocycles. The summed E-state index contributed by atoms with van der Waals surface area (Å²) in [6, 6.07) is 2.02. The van der Waals surface area contributed by atoms with Gasteiger partial charge in [-0.3, -0.25) is 0 Å². The highest BCUT2D eigenvalue weighted by atomic mass is 15.0. The topological polar surface area (TPSA) is 63.8 Å². The highest BCUT2D eigenvalue weighted by Gasteiger charge is 2.01. The largest absolute Gasteiger partial charge is 0.370 e. The third-order valence-electron chi connectivity index (χ3n) is 3.09. The smallest absolute Gasteiger partial charge is 0.130 e. The van der Waals surface area contributed by atoms with E-state index in [2.05, 4.69) is 22.2 Å². The Morgan fingerprint density at radius 1 is 1.11 bits per heavy atom. The fourth-order valence-corrected chi connectivity index (χ4v) is 2.01. The molecule has 108 valence electrons. The second kappa shape index (κ2) is 9.73. The fourth-order valence-electron chi connectivity index (χ4n) is 2.01. The molecule has 1 aromatic heterocycles. The van der Waals surface area contributed by atoms with Crippen LogP contribution in [-0.4, -0.2) is 23.1 Å². The van der Waals surface area contributed by atoms with Gasteiger partial charge in [0.1, 0.15) is 11.6 Å². The first-order valence-electron chi connectivity index (χ1n) is 7.54. The molecular formula is C15H28N4. The Morgan fingerprint density at radius 2 is 1.89 bits per heavy atom. The van der Waals surface area contributed by atoms with Gasteiger partial charge < -0.3 is 11.1 Å². The molecule has 0 aliphatic rings. The Balaban J connectivity index is 2.34. The van der Waals surface area contributed by atoms with Gasteiger partial charge in [0.2, 0.25) is 0 Å². The normalized spacial score (nSPS) is 10.7. The van der Waals surface area contributed by atoms with Crippen LogP contribution in [0, 0.1) is 6.92 Å². The van der Waals surface area contributed by atoms with Crippen molar-refractivity contribution in [2.75, 3.05) is 18.4 Å². The average molecular weight is 264 g/mol. The maximum absolute atomic E-state index is 5.47. The summed E-state index contributed by atoms with van der Waals surface area (Å²) in [4.78, 5) is 9.04. The summed E-state index contributed by atoms with van der Waals surface area (Å²) >= 11 is 0. The zero-order valence-electron chi connectivity index (χ0n) is 12.4. The minimum absolute atomic E-state index is 0.805. The monoisotopic (exact) mass is 264 g/mol. The van der Waals surface area contributed by atoms with Crippen molar-refractivity contribution in [3.05, 3.63) is 17.6 Å². The molecule has 0 fully saturated rings. The Labute approximate surface area is 117 Å². The van der Waals surface area contributed by atoms with Crippen LogP contribution in [0.25, 0.3) is 0 Å². The number of rotatable bonds is 10. The van der Waals surface area contributed by atoms with Gasteiger partial charge in [-0.05, 0) is 32.7 Å². The van der Waals surface area contributed by atoms with Crippen molar-refractivity contribution in [3.63, 3.8) is 0 Å². The second-order valence-electron chi connectivity index (χ2n) is 5.04. The van der Waals surface area contributed by atoms with Crippen molar-refractivity contribution in [1.82, 2.24) is 9.97 Å². The zero-order valence-corrected chi connectivity index (χ0v) is 12.4. The van der Waals surface area contributed by atoms with Crippen LogP contribution in [-0.2, 0) is 6.42 Å². The third-order valence-corrected chi connectivity index (χ3v) is 3.09. The van der Waals surface area contributed by atoms with Crippen molar-refractivity contribution in [1.29, 1.82) is 0 Å². The van der Waals surface area contributed by atoms with E-state index in [-0.39, 0.29) is 0 Å². The van der Waals surface area contributed by atoms with E-state index < -0.39 is 0 Å². The molecule has 0 radical (unpaired) electrons. The highest BCUT2D eigenvalue weighted by Crippen LogP contribution is 2.09. The van der Waals surface area contributed by atoms with Crippen LogP contribution < -0.4 is 11.1 Å². The first-order valence-corrected chi connectivity index (χ1v) is 7.54. The summed E-state index contributed by atoms with van der Waals surface area (Å²) in [6.07, 6.45) is 8.08. The maximum Gasteiger partial charge on any atom is 0.130 e. The number of nitrogens with one attached hydrogen (secondary N) is 1. The molecule has 0 aromatic carbocycles. The number of nitrogens with two attached hydrogens (primary N) is 1. The van der Waals surface area contributed by atoms with E-state index in [9.17, 15) is 0 Å². The van der Waals surface area contributed by atoms with E-state index in [0.29, 0.717) is 0 Å². The molecule has 1 aromatic rings. The van der Waals surface area contributed by atoms with Crippen molar-refractivity contribution in [2.24, 2.45) is 5.73 Å². The van der Waals surface area contributed by atoms with E-state index in [1.807, 2.05) is 13.0 Å². The molecule has 0 saturated carbocycles. The summed E-state index contributed by atoms with van der Waals surface area (Å²) in [5, 5.41) is 3.40. The van der Waals surface area contributed by atoms with Crippen LogP contribution in [0.4, 0.5) is 5.82 Å². The molecule has 0 atom stereocenters. The minimum atomic E-state index is 0.805. The van der Waals surface area contributed by atoms with E-state index in [1.165, 1.54) is 25.7 Å². The Kier molecular flexibility index (Phi) is 8.14. The lowest BCUT2D eigenvalue weighted by atomic mass is 10.2. The highest BCUT2D eigenvalue weighted by molar-refractivity contribution is 5.35. The van der Waals surface area contributed by atoms with E-state index in [1.54, 1.807) is 0 Å². The number of aromatic nitrogens is 2. The molecule has 0 amide bonds. The van der Waals surface area contributed by atoms with E-state index in [4.69, 9.17) is 5.73 Å². The van der Waals surface area contributed by atoms with Gasteiger partial charge in [-0.25, -0.2) is 9.97 Å². The standard InChI is InChI=1S/C15H28N4/c1-3-4-9-14-18-13(2)12-15(19-14)17-11-8-6-5-7-10-16/h12H,3-11,16H2,1-2H3,(H,17,18,19). The predicted octanol–water partition coefficient (Wildman–Crippen LogP) is 3.06. The number of anilines is 1.